The quantitative estimate of drug-likeness (QED) is 0.177. The summed E-state index contributed by atoms with van der Waals surface area (Å²) in [6.07, 6.45) is 0. The van der Waals surface area contributed by atoms with Crippen LogP contribution < -0.4 is 0 Å². The standard InChI is InChI=1S/C46H30/c1-5-14-31(15-6-1)40-30-41(38-28-26-37-25-24-35-22-13-23-36-27-29-39(38)43(37)42(35)36)45(33-18-9-3-10-19-33)46(34-20-11-4-12-21-34)44(40)32-16-7-2-8-17-32/h1-30H. The second kappa shape index (κ2) is 10.9. The molecule has 0 spiro atoms. The fraction of sp³-hybridized carbons (Fsp3) is 0. The highest BCUT2D eigenvalue weighted by Gasteiger charge is 2.24. The van der Waals surface area contributed by atoms with Gasteiger partial charge in [-0.15, -0.1) is 0 Å². The van der Waals surface area contributed by atoms with Crippen molar-refractivity contribution in [2.75, 3.05) is 0 Å². The molecule has 0 heteroatoms. The second-order valence-corrected chi connectivity index (χ2v) is 12.0. The van der Waals surface area contributed by atoms with Crippen LogP contribution in [0.25, 0.3) is 88.0 Å². The first-order valence-electron chi connectivity index (χ1n) is 15.9. The predicted molar refractivity (Wildman–Crippen MR) is 197 cm³/mol. The van der Waals surface area contributed by atoms with Crippen molar-refractivity contribution >= 4 is 32.3 Å². The number of rotatable bonds is 5. The van der Waals surface area contributed by atoms with E-state index >= 15 is 0 Å². The molecule has 9 aromatic carbocycles. The van der Waals surface area contributed by atoms with Gasteiger partial charge in [0.25, 0.3) is 0 Å². The normalized spacial score (nSPS) is 11.5. The van der Waals surface area contributed by atoms with Gasteiger partial charge in [-0.25, -0.2) is 0 Å². The minimum atomic E-state index is 1.21. The molecular weight excluding hydrogens is 553 g/mol. The molecule has 0 aliphatic rings. The van der Waals surface area contributed by atoms with Crippen LogP contribution in [0.1, 0.15) is 0 Å². The van der Waals surface area contributed by atoms with Crippen molar-refractivity contribution in [2.45, 2.75) is 0 Å². The minimum absolute atomic E-state index is 1.21. The van der Waals surface area contributed by atoms with Crippen molar-refractivity contribution < 1.29 is 0 Å². The highest BCUT2D eigenvalue weighted by atomic mass is 14.3. The molecule has 0 radical (unpaired) electrons. The van der Waals surface area contributed by atoms with E-state index in [1.807, 2.05) is 0 Å². The minimum Gasteiger partial charge on any atom is -0.0622 e. The number of hydrogen-bond donors (Lipinski definition) is 0. The van der Waals surface area contributed by atoms with Gasteiger partial charge in [0.2, 0.25) is 0 Å². The molecule has 0 N–H and O–H groups in total. The van der Waals surface area contributed by atoms with E-state index in [0.717, 1.165) is 0 Å². The van der Waals surface area contributed by atoms with Crippen LogP contribution in [-0.2, 0) is 0 Å². The molecule has 0 saturated carbocycles. The molecule has 0 saturated heterocycles. The van der Waals surface area contributed by atoms with E-state index in [1.165, 1.54) is 88.0 Å². The third kappa shape index (κ3) is 4.23. The summed E-state index contributed by atoms with van der Waals surface area (Å²) < 4.78 is 0. The van der Waals surface area contributed by atoms with Crippen molar-refractivity contribution in [3.05, 3.63) is 182 Å². The van der Waals surface area contributed by atoms with Crippen LogP contribution >= 0.6 is 0 Å². The van der Waals surface area contributed by atoms with Crippen LogP contribution in [0, 0.1) is 0 Å². The fourth-order valence-corrected chi connectivity index (χ4v) is 7.41. The Hall–Kier alpha value is -5.98. The zero-order valence-electron chi connectivity index (χ0n) is 25.3. The smallest absolute Gasteiger partial charge is 0.00143 e. The maximum atomic E-state index is 2.46. The van der Waals surface area contributed by atoms with Gasteiger partial charge in [-0.05, 0) is 94.0 Å². The van der Waals surface area contributed by atoms with E-state index in [0.29, 0.717) is 0 Å². The maximum Gasteiger partial charge on any atom is -0.00143 e. The molecule has 9 rings (SSSR count). The van der Waals surface area contributed by atoms with Crippen molar-refractivity contribution in [1.82, 2.24) is 0 Å². The summed E-state index contributed by atoms with van der Waals surface area (Å²) in [4.78, 5) is 0. The Bertz CT molecular complexity index is 2460. The van der Waals surface area contributed by atoms with Crippen molar-refractivity contribution in [3.63, 3.8) is 0 Å². The predicted octanol–water partition coefficient (Wildman–Crippen LogP) is 12.9. The zero-order chi connectivity index (χ0) is 30.5. The first-order chi connectivity index (χ1) is 22.8. The lowest BCUT2D eigenvalue weighted by Gasteiger charge is -2.25. The summed E-state index contributed by atoms with van der Waals surface area (Å²) in [5.41, 5.74) is 12.3. The molecule has 0 aliphatic heterocycles. The van der Waals surface area contributed by atoms with Crippen LogP contribution in [-0.4, -0.2) is 0 Å². The van der Waals surface area contributed by atoms with Crippen LogP contribution in [0.2, 0.25) is 0 Å². The van der Waals surface area contributed by atoms with Crippen LogP contribution in [0.5, 0.6) is 0 Å². The van der Waals surface area contributed by atoms with E-state index in [-0.39, 0.29) is 0 Å². The van der Waals surface area contributed by atoms with Gasteiger partial charge in [0, 0.05) is 0 Å². The van der Waals surface area contributed by atoms with E-state index in [2.05, 4.69) is 182 Å². The molecule has 0 aliphatic carbocycles. The maximum absolute atomic E-state index is 2.46. The first-order valence-corrected chi connectivity index (χ1v) is 15.9. The molecule has 9 aromatic rings. The van der Waals surface area contributed by atoms with Gasteiger partial charge in [0.15, 0.2) is 0 Å². The SMILES string of the molecule is c1ccc(-c2cc(-c3ccc4ccc5cccc6ccc3c4c56)c(-c3ccccc3)c(-c3ccccc3)c2-c2ccccc2)cc1. The monoisotopic (exact) mass is 582 g/mol. The second-order valence-electron chi connectivity index (χ2n) is 12.0. The Balaban J connectivity index is 1.51. The molecule has 0 nitrogen and oxygen atoms in total. The average Bonchev–Trinajstić information content (AvgIpc) is 3.14. The number of hydrogen-bond acceptors (Lipinski definition) is 0. The molecule has 0 amide bonds. The lowest BCUT2D eigenvalue weighted by Crippen LogP contribution is -1.98. The van der Waals surface area contributed by atoms with Gasteiger partial charge >= 0.3 is 0 Å². The van der Waals surface area contributed by atoms with Crippen LogP contribution in [0.15, 0.2) is 182 Å². The molecule has 0 atom stereocenters. The molecule has 46 heavy (non-hydrogen) atoms. The highest BCUT2D eigenvalue weighted by Crippen LogP contribution is 2.51. The van der Waals surface area contributed by atoms with Crippen LogP contribution in [0.3, 0.4) is 0 Å². The topological polar surface area (TPSA) is 0 Å². The zero-order valence-corrected chi connectivity index (χ0v) is 25.3. The Morgan fingerprint density at radius 2 is 0.674 bits per heavy atom. The lowest BCUT2D eigenvalue weighted by molar-refractivity contribution is 1.53. The Kier molecular flexibility index (Phi) is 6.25. The molecule has 0 fully saturated rings. The molecule has 0 unspecified atom stereocenters. The first kappa shape index (κ1) is 26.4. The molecule has 0 heterocycles. The molecule has 214 valence electrons. The summed E-state index contributed by atoms with van der Waals surface area (Å²) in [7, 11) is 0. The van der Waals surface area contributed by atoms with E-state index in [9.17, 15) is 0 Å². The van der Waals surface area contributed by atoms with E-state index in [4.69, 9.17) is 0 Å². The molecule has 0 bridgehead atoms. The van der Waals surface area contributed by atoms with Gasteiger partial charge in [-0.3, -0.25) is 0 Å². The van der Waals surface area contributed by atoms with Gasteiger partial charge in [-0.1, -0.05) is 176 Å². The lowest BCUT2D eigenvalue weighted by atomic mass is 9.78. The van der Waals surface area contributed by atoms with Gasteiger partial charge in [0.05, 0.1) is 0 Å². The van der Waals surface area contributed by atoms with Crippen molar-refractivity contribution in [2.24, 2.45) is 0 Å². The largest absolute Gasteiger partial charge is 0.0622 e. The third-order valence-electron chi connectivity index (χ3n) is 9.42. The Morgan fingerprint density at radius 1 is 0.239 bits per heavy atom. The average molecular weight is 583 g/mol. The van der Waals surface area contributed by atoms with E-state index < -0.39 is 0 Å². The van der Waals surface area contributed by atoms with Gasteiger partial charge < -0.3 is 0 Å². The van der Waals surface area contributed by atoms with E-state index in [1.54, 1.807) is 0 Å². The summed E-state index contributed by atoms with van der Waals surface area (Å²) in [6.45, 7) is 0. The fourth-order valence-electron chi connectivity index (χ4n) is 7.41. The van der Waals surface area contributed by atoms with Crippen molar-refractivity contribution in [3.8, 4) is 55.6 Å². The number of benzene rings is 9. The molecular formula is C46H30. The van der Waals surface area contributed by atoms with Crippen molar-refractivity contribution in [1.29, 1.82) is 0 Å². The Morgan fingerprint density at radius 3 is 1.24 bits per heavy atom. The summed E-state index contributed by atoms with van der Waals surface area (Å²) in [5, 5.41) is 7.80. The third-order valence-corrected chi connectivity index (χ3v) is 9.42. The highest BCUT2D eigenvalue weighted by molar-refractivity contribution is 6.26. The summed E-state index contributed by atoms with van der Waals surface area (Å²) in [6, 6.07) is 66.6. The van der Waals surface area contributed by atoms with Gasteiger partial charge in [0.1, 0.15) is 0 Å². The summed E-state index contributed by atoms with van der Waals surface area (Å²) >= 11 is 0. The molecule has 0 aromatic heterocycles. The Labute approximate surface area is 269 Å². The van der Waals surface area contributed by atoms with Crippen LogP contribution in [0.4, 0.5) is 0 Å². The van der Waals surface area contributed by atoms with Gasteiger partial charge in [-0.2, -0.15) is 0 Å². The summed E-state index contributed by atoms with van der Waals surface area (Å²) in [5.74, 6) is 0.